The molecule has 396 valence electrons. The highest BCUT2D eigenvalue weighted by atomic mass is 32.2. The molecule has 24 nitrogen and oxygen atoms in total. The predicted octanol–water partition coefficient (Wildman–Crippen LogP) is -0.648. The van der Waals surface area contributed by atoms with Crippen LogP contribution in [0.3, 0.4) is 0 Å². The molecule has 1 aromatic heterocycles. The van der Waals surface area contributed by atoms with Gasteiger partial charge in [0, 0.05) is 44.2 Å². The van der Waals surface area contributed by atoms with Crippen molar-refractivity contribution in [3.8, 4) is 39.8 Å². The smallest absolute Gasteiger partial charge is 0.326 e. The van der Waals surface area contributed by atoms with Crippen molar-refractivity contribution in [1.29, 1.82) is 0 Å². The van der Waals surface area contributed by atoms with Gasteiger partial charge in [-0.25, -0.2) is 29.0 Å². The first-order chi connectivity index (χ1) is 34.1. The number of carboxylic acids is 1. The van der Waals surface area contributed by atoms with Crippen LogP contribution in [-0.4, -0.2) is 144 Å². The van der Waals surface area contributed by atoms with Gasteiger partial charge in [-0.2, -0.15) is 8.42 Å². The Morgan fingerprint density at radius 1 is 0.932 bits per heavy atom. The quantitative estimate of drug-likeness (QED) is 0.0589. The molecule has 4 bridgehead atoms. The number of hydrogen-bond acceptors (Lipinski definition) is 17. The number of nitrogens with one attached hydrogen (secondary N) is 4. The molecule has 0 fully saturated rings. The average molecular weight is 1040 g/mol. The van der Waals surface area contributed by atoms with E-state index < -0.39 is 113 Å². The van der Waals surface area contributed by atoms with Crippen LogP contribution >= 0.6 is 0 Å². The number of hydrogen-bond donors (Lipinski definition) is 12. The number of carboxylic acid groups (broad SMARTS) is 1. The fraction of sp³-hybridized carbons (Fsp3) is 0.426. The van der Waals surface area contributed by atoms with Crippen LogP contribution in [0.4, 0.5) is 10.2 Å². The lowest BCUT2D eigenvalue weighted by Gasteiger charge is -2.33. The summed E-state index contributed by atoms with van der Waals surface area (Å²) in [7, 11) is -3.23. The largest absolute Gasteiger partial charge is 0.504 e. The average Bonchev–Trinajstić information content (AvgIpc) is 3.31. The summed E-state index contributed by atoms with van der Waals surface area (Å²) in [5.41, 5.74) is 17.5. The van der Waals surface area contributed by atoms with Crippen LogP contribution in [-0.2, 0) is 41.2 Å². The molecule has 0 radical (unpaired) electrons. The Kier molecular flexibility index (Phi) is 18.4. The van der Waals surface area contributed by atoms with E-state index in [0.29, 0.717) is 11.1 Å². The van der Waals surface area contributed by atoms with E-state index in [1.807, 2.05) is 25.5 Å². The minimum atomic E-state index is -4.37. The number of amides is 4. The highest BCUT2D eigenvalue weighted by Crippen LogP contribution is 2.45. The van der Waals surface area contributed by atoms with Crippen molar-refractivity contribution >= 4 is 45.6 Å². The molecular weight excluding hydrogens is 978 g/mol. The molecule has 73 heavy (non-hydrogen) atoms. The summed E-state index contributed by atoms with van der Waals surface area (Å²) in [5.74, 6) is -7.79. The van der Waals surface area contributed by atoms with Crippen molar-refractivity contribution in [2.45, 2.75) is 89.3 Å². The second kappa shape index (κ2) is 23.6. The molecule has 0 aliphatic carbocycles. The van der Waals surface area contributed by atoms with Crippen molar-refractivity contribution in [3.05, 3.63) is 82.3 Å². The van der Waals surface area contributed by atoms with Gasteiger partial charge in [-0.3, -0.25) is 19.2 Å². The molecule has 0 saturated carbocycles. The lowest BCUT2D eigenvalue weighted by molar-refractivity contribution is -0.143. The van der Waals surface area contributed by atoms with Crippen molar-refractivity contribution in [2.75, 3.05) is 45.6 Å². The highest BCUT2D eigenvalue weighted by Gasteiger charge is 2.37. The SMILES string of the molecule is Cc1nc(-c2ccc(C(C)(C)C)cc2F)nc(N)c1C(=O)N[C@@H](CCNS(N)(=O)=O)C(=O)N(C)[C@@H]1C(=O)N[C@@H](C)C(=O)N[C@H](C(=O)O)Cc2ccc(OC[C@H](O)CN)c(c2)-c2cc1cc(OC[C@H](O)CN)c2O. The number of likely N-dealkylation sites (N-methyl/N-ethyl adjacent to an activating group) is 1. The number of phenols is 1. The summed E-state index contributed by atoms with van der Waals surface area (Å²) in [6.45, 7) is 6.46. The molecule has 26 heteroatoms. The predicted molar refractivity (Wildman–Crippen MR) is 263 cm³/mol. The van der Waals surface area contributed by atoms with E-state index in [9.17, 15) is 52.8 Å². The molecule has 5 rings (SSSR count). The normalized spacial score (nSPS) is 17.5. The van der Waals surface area contributed by atoms with Gasteiger partial charge in [0.1, 0.15) is 72.5 Å². The zero-order valence-electron chi connectivity index (χ0n) is 40.9. The molecule has 4 amide bonds. The van der Waals surface area contributed by atoms with Gasteiger partial charge in [-0.05, 0) is 78.8 Å². The minimum absolute atomic E-state index is 0.000935. The van der Waals surface area contributed by atoms with E-state index in [4.69, 9.17) is 31.8 Å². The Morgan fingerprint density at radius 3 is 2.15 bits per heavy atom. The first-order valence-corrected chi connectivity index (χ1v) is 24.3. The summed E-state index contributed by atoms with van der Waals surface area (Å²) in [6.07, 6.45) is -3.26. The number of fused-ring (bicyclic) bond motifs is 5. The van der Waals surface area contributed by atoms with Crippen molar-refractivity contribution in [3.63, 3.8) is 0 Å². The fourth-order valence-corrected chi connectivity index (χ4v) is 8.06. The molecule has 0 unspecified atom stereocenters. The summed E-state index contributed by atoms with van der Waals surface area (Å²) in [4.78, 5) is 79.4. The number of nitrogens with two attached hydrogens (primary N) is 4. The number of aliphatic hydroxyl groups is 2. The number of aromatic nitrogens is 2. The number of carbonyl (C=O) groups is 5. The number of ether oxygens (including phenoxy) is 2. The third kappa shape index (κ3) is 14.3. The number of phenolic OH excluding ortho intramolecular Hbond substituents is 1. The number of nitrogens with zero attached hydrogens (tertiary/aromatic N) is 3. The molecule has 0 spiro atoms. The molecular formula is C47H62FN11O13S. The Hall–Kier alpha value is -7.07. The van der Waals surface area contributed by atoms with Crippen LogP contribution in [0, 0.1) is 12.7 Å². The zero-order valence-corrected chi connectivity index (χ0v) is 41.7. The van der Waals surface area contributed by atoms with Gasteiger partial charge in [0.05, 0.1) is 11.3 Å². The van der Waals surface area contributed by atoms with Crippen LogP contribution in [0.1, 0.15) is 72.9 Å². The number of halogens is 1. The van der Waals surface area contributed by atoms with Gasteiger partial charge in [-0.1, -0.05) is 32.9 Å². The number of anilines is 1. The van der Waals surface area contributed by atoms with Crippen molar-refractivity contribution in [1.82, 2.24) is 35.5 Å². The molecule has 3 aromatic carbocycles. The topological polar surface area (TPSA) is 400 Å². The first-order valence-electron chi connectivity index (χ1n) is 22.8. The fourth-order valence-electron chi connectivity index (χ4n) is 7.66. The van der Waals surface area contributed by atoms with Crippen LogP contribution in [0.25, 0.3) is 22.5 Å². The number of rotatable bonds is 18. The third-order valence-electron chi connectivity index (χ3n) is 11.7. The van der Waals surface area contributed by atoms with Crippen LogP contribution in [0.2, 0.25) is 0 Å². The first kappa shape index (κ1) is 56.8. The van der Waals surface area contributed by atoms with E-state index in [0.717, 1.165) is 18.0 Å². The van der Waals surface area contributed by atoms with E-state index in [2.05, 4.69) is 25.9 Å². The molecule has 6 atom stereocenters. The summed E-state index contributed by atoms with van der Waals surface area (Å²) < 4.78 is 53.3. The van der Waals surface area contributed by atoms with Gasteiger partial charge in [-0.15, -0.1) is 0 Å². The van der Waals surface area contributed by atoms with Gasteiger partial charge < -0.3 is 68.0 Å². The highest BCUT2D eigenvalue weighted by molar-refractivity contribution is 7.87. The minimum Gasteiger partial charge on any atom is -0.504 e. The second-order valence-corrected chi connectivity index (χ2v) is 19.8. The number of carbonyl (C=O) groups excluding carboxylic acids is 4. The number of aliphatic carboxylic acids is 1. The molecule has 1 aliphatic heterocycles. The number of aromatic hydroxyl groups is 1. The second-order valence-electron chi connectivity index (χ2n) is 18.4. The zero-order chi connectivity index (χ0) is 54.3. The maximum atomic E-state index is 15.5. The van der Waals surface area contributed by atoms with Crippen molar-refractivity contribution < 1.29 is 66.7 Å². The van der Waals surface area contributed by atoms with Gasteiger partial charge in [0.25, 0.3) is 16.1 Å². The molecule has 0 saturated heterocycles. The van der Waals surface area contributed by atoms with E-state index in [1.165, 1.54) is 50.2 Å². The number of aryl methyl sites for hydroxylation is 1. The summed E-state index contributed by atoms with van der Waals surface area (Å²) in [5, 5.41) is 55.4. The van der Waals surface area contributed by atoms with E-state index in [1.54, 1.807) is 6.07 Å². The van der Waals surface area contributed by atoms with Crippen LogP contribution in [0.15, 0.2) is 48.5 Å². The third-order valence-corrected chi connectivity index (χ3v) is 12.3. The Bertz CT molecular complexity index is 2830. The van der Waals surface area contributed by atoms with Crippen LogP contribution < -0.4 is 52.5 Å². The molecule has 4 aromatic rings. The van der Waals surface area contributed by atoms with E-state index in [-0.39, 0.29) is 82.4 Å². The molecule has 2 heterocycles. The summed E-state index contributed by atoms with van der Waals surface area (Å²) >= 11 is 0. The van der Waals surface area contributed by atoms with Gasteiger partial charge in [0.2, 0.25) is 17.7 Å². The maximum Gasteiger partial charge on any atom is 0.326 e. The van der Waals surface area contributed by atoms with Crippen LogP contribution in [0.5, 0.6) is 17.2 Å². The monoisotopic (exact) mass is 1040 g/mol. The Labute approximate surface area is 420 Å². The maximum absolute atomic E-state index is 15.5. The van der Waals surface area contributed by atoms with E-state index >= 15 is 4.39 Å². The van der Waals surface area contributed by atoms with Gasteiger partial charge in [0.15, 0.2) is 17.3 Å². The number of benzene rings is 3. The molecule has 16 N–H and O–H groups in total. The Balaban J connectivity index is 1.67. The Morgan fingerprint density at radius 2 is 1.58 bits per heavy atom. The molecule has 1 aliphatic rings. The lowest BCUT2D eigenvalue weighted by atomic mass is 9.86. The van der Waals surface area contributed by atoms with Gasteiger partial charge >= 0.3 is 5.97 Å². The lowest BCUT2D eigenvalue weighted by Crippen LogP contribution is -2.55. The standard InChI is InChI=1S/C47H62FN11O13S/c1-22-37(40(51)58-41(54-22)29-9-8-26(17-32(29)48)47(3,4)5)43(64)56-33(11-12-53-73(52,69)70)45(66)59(6)38-25-15-31(39(62)36(16-25)72-21-28(61)19-50)30-13-24(7-10-35(30)71-20-27(60)18-49)14-34(46(67)68)57-42(63)23(2)55-44(38)65/h7-10,13,15-17,23,27-28,33-34,38,53,60-62H,11-12,14,18-21,49-50H2,1-6H3,(H,55,65)(H,56,64)(H,57,63)(H,67,68)(H2,51,54,58)(H2,52,69,70)/t23-,27+,28+,33-,34-,38-/m0/s1. The van der Waals surface area contributed by atoms with Crippen molar-refractivity contribution in [2.24, 2.45) is 16.6 Å². The summed E-state index contributed by atoms with van der Waals surface area (Å²) in [6, 6.07) is 4.63. The number of nitrogen functional groups attached to an aromatic ring is 1. The number of aliphatic hydroxyl groups excluding tert-OH is 2.